The fraction of sp³-hybridized carbons (Fsp3) is 0.846. The first-order chi connectivity index (χ1) is 6.22. The van der Waals surface area contributed by atoms with Crippen LogP contribution in [0.25, 0.3) is 0 Å². The molecule has 1 heteroatoms. The van der Waals surface area contributed by atoms with Gasteiger partial charge in [0.1, 0.15) is 0 Å². The largest absolute Gasteiger partial charge is 0.412 e. The molecule has 0 aromatic heterocycles. The van der Waals surface area contributed by atoms with Gasteiger partial charge in [0.25, 0.3) is 0 Å². The fourth-order valence-electron chi connectivity index (χ4n) is 1.94. The molecule has 0 spiro atoms. The molecule has 0 radical (unpaired) electrons. The summed E-state index contributed by atoms with van der Waals surface area (Å²) in [5, 5.41) is 0. The molecule has 1 nitrogen and oxygen atoms in total. The van der Waals surface area contributed by atoms with Gasteiger partial charge in [-0.05, 0) is 24.7 Å². The summed E-state index contributed by atoms with van der Waals surface area (Å²) in [6.07, 6.45) is 7.10. The smallest absolute Gasteiger partial charge is 0.0203 e. The van der Waals surface area contributed by atoms with Gasteiger partial charge < -0.3 is 5.48 Å². The van der Waals surface area contributed by atoms with E-state index in [-0.39, 0.29) is 5.48 Å². The lowest BCUT2D eigenvalue weighted by Crippen LogP contribution is -2.11. The molecule has 0 heterocycles. The first-order valence-electron chi connectivity index (χ1n) is 5.90. The third kappa shape index (κ3) is 5.43. The van der Waals surface area contributed by atoms with Crippen molar-refractivity contribution in [3.05, 3.63) is 12.2 Å². The number of hydrogen-bond acceptors (Lipinski definition) is 0. The molecular weight excluding hydrogens is 172 g/mol. The molecule has 1 aliphatic carbocycles. The summed E-state index contributed by atoms with van der Waals surface area (Å²) in [4.78, 5) is 0. The molecule has 0 atom stereocenters. The third-order valence-electron chi connectivity index (χ3n) is 2.87. The Morgan fingerprint density at radius 1 is 1.07 bits per heavy atom. The van der Waals surface area contributed by atoms with E-state index in [1.807, 2.05) is 13.8 Å². The van der Waals surface area contributed by atoms with Crippen LogP contribution < -0.4 is 0 Å². The van der Waals surface area contributed by atoms with Gasteiger partial charge in [0, 0.05) is 0 Å². The van der Waals surface area contributed by atoms with Crippen molar-refractivity contribution in [1.29, 1.82) is 0 Å². The minimum atomic E-state index is 0. The van der Waals surface area contributed by atoms with Crippen molar-refractivity contribution >= 4 is 0 Å². The Morgan fingerprint density at radius 2 is 1.50 bits per heavy atom. The van der Waals surface area contributed by atoms with Crippen molar-refractivity contribution in [3.63, 3.8) is 0 Å². The van der Waals surface area contributed by atoms with Crippen molar-refractivity contribution in [2.45, 2.75) is 59.8 Å². The van der Waals surface area contributed by atoms with Gasteiger partial charge in [0.15, 0.2) is 0 Å². The molecule has 1 aliphatic rings. The predicted octanol–water partition coefficient (Wildman–Crippen LogP) is 3.98. The topological polar surface area (TPSA) is 31.5 Å². The zero-order valence-corrected chi connectivity index (χ0v) is 10.4. The number of hydrogen-bond donors (Lipinski definition) is 0. The van der Waals surface area contributed by atoms with Gasteiger partial charge in [0.05, 0.1) is 0 Å². The van der Waals surface area contributed by atoms with E-state index in [0.29, 0.717) is 5.92 Å². The molecule has 1 saturated carbocycles. The third-order valence-corrected chi connectivity index (χ3v) is 2.87. The predicted molar refractivity (Wildman–Crippen MR) is 65.5 cm³/mol. The average molecular weight is 200 g/mol. The molecule has 0 bridgehead atoms. The van der Waals surface area contributed by atoms with Crippen LogP contribution in [0.15, 0.2) is 12.2 Å². The van der Waals surface area contributed by atoms with E-state index >= 15 is 0 Å². The molecule has 14 heavy (non-hydrogen) atoms. The van der Waals surface area contributed by atoms with E-state index in [0.717, 1.165) is 5.92 Å². The maximum atomic E-state index is 4.18. The van der Waals surface area contributed by atoms with Crippen molar-refractivity contribution in [1.82, 2.24) is 0 Å². The summed E-state index contributed by atoms with van der Waals surface area (Å²) in [5.74, 6) is 1.54. The molecule has 1 rings (SSSR count). The van der Waals surface area contributed by atoms with Crippen LogP contribution in [0.1, 0.15) is 59.8 Å². The lowest BCUT2D eigenvalue weighted by Gasteiger charge is -2.25. The second kappa shape index (κ2) is 9.26. The van der Waals surface area contributed by atoms with Gasteiger partial charge in [-0.3, -0.25) is 0 Å². The Morgan fingerprint density at radius 3 is 1.86 bits per heavy atom. The fourth-order valence-corrected chi connectivity index (χ4v) is 1.94. The maximum Gasteiger partial charge on any atom is -0.0203 e. The van der Waals surface area contributed by atoms with Crippen molar-refractivity contribution in [2.24, 2.45) is 11.8 Å². The SMILES string of the molecule is C=C(C(C)C)C1CCCCC1.CC.O. The molecular formula is C13H28O. The van der Waals surface area contributed by atoms with Gasteiger partial charge in [-0.15, -0.1) is 0 Å². The lowest BCUT2D eigenvalue weighted by molar-refractivity contribution is 0.382. The van der Waals surface area contributed by atoms with Crippen LogP contribution in [0.2, 0.25) is 0 Å². The van der Waals surface area contributed by atoms with Gasteiger partial charge in [-0.1, -0.05) is 59.1 Å². The first-order valence-corrected chi connectivity index (χ1v) is 5.90. The molecule has 0 aliphatic heterocycles. The van der Waals surface area contributed by atoms with E-state index in [2.05, 4.69) is 20.4 Å². The summed E-state index contributed by atoms with van der Waals surface area (Å²) >= 11 is 0. The van der Waals surface area contributed by atoms with Crippen molar-refractivity contribution < 1.29 is 5.48 Å². The standard InChI is InChI=1S/C11H20.C2H6.H2O/c1-9(2)10(3)11-7-5-4-6-8-11;1-2;/h9,11H,3-8H2,1-2H3;1-2H3;1H2. The zero-order chi connectivity index (χ0) is 10.3. The Balaban J connectivity index is 0. The number of allylic oxidation sites excluding steroid dienone is 1. The second-order valence-corrected chi connectivity index (χ2v) is 4.06. The van der Waals surface area contributed by atoms with Crippen LogP contribution in [0.3, 0.4) is 0 Å². The Bertz CT molecular complexity index is 132. The van der Waals surface area contributed by atoms with E-state index in [9.17, 15) is 0 Å². The molecule has 2 N–H and O–H groups in total. The van der Waals surface area contributed by atoms with Gasteiger partial charge in [-0.2, -0.15) is 0 Å². The monoisotopic (exact) mass is 200 g/mol. The summed E-state index contributed by atoms with van der Waals surface area (Å²) < 4.78 is 0. The molecule has 86 valence electrons. The van der Waals surface area contributed by atoms with Crippen LogP contribution >= 0.6 is 0 Å². The van der Waals surface area contributed by atoms with Gasteiger partial charge in [-0.25, -0.2) is 0 Å². The summed E-state index contributed by atoms with van der Waals surface area (Å²) in [6, 6.07) is 0. The quantitative estimate of drug-likeness (QED) is 0.604. The van der Waals surface area contributed by atoms with E-state index in [1.165, 1.54) is 37.7 Å². The minimum absolute atomic E-state index is 0. The highest BCUT2D eigenvalue weighted by atomic mass is 16.0. The molecule has 0 amide bonds. The summed E-state index contributed by atoms with van der Waals surface area (Å²) in [6.45, 7) is 12.7. The van der Waals surface area contributed by atoms with E-state index < -0.39 is 0 Å². The maximum absolute atomic E-state index is 4.18. The lowest BCUT2D eigenvalue weighted by atomic mass is 9.80. The summed E-state index contributed by atoms with van der Waals surface area (Å²) in [7, 11) is 0. The van der Waals surface area contributed by atoms with Crippen LogP contribution in [0.5, 0.6) is 0 Å². The second-order valence-electron chi connectivity index (χ2n) is 4.06. The van der Waals surface area contributed by atoms with E-state index in [1.54, 1.807) is 0 Å². The van der Waals surface area contributed by atoms with Crippen molar-refractivity contribution in [2.75, 3.05) is 0 Å². The molecule has 0 aromatic rings. The zero-order valence-electron chi connectivity index (χ0n) is 10.4. The Hall–Kier alpha value is -0.300. The molecule has 0 unspecified atom stereocenters. The molecule has 0 aromatic carbocycles. The van der Waals surface area contributed by atoms with Crippen LogP contribution in [0, 0.1) is 11.8 Å². The number of rotatable bonds is 2. The normalized spacial score (nSPS) is 16.6. The molecule has 1 fully saturated rings. The minimum Gasteiger partial charge on any atom is -0.412 e. The summed E-state index contributed by atoms with van der Waals surface area (Å²) in [5.41, 5.74) is 1.49. The van der Waals surface area contributed by atoms with E-state index in [4.69, 9.17) is 0 Å². The average Bonchev–Trinajstić information content (AvgIpc) is 2.21. The Labute approximate surface area is 89.9 Å². The van der Waals surface area contributed by atoms with Gasteiger partial charge in [0.2, 0.25) is 0 Å². The first kappa shape index (κ1) is 16.1. The molecule has 0 saturated heterocycles. The Kier molecular flexibility index (Phi) is 10.7. The highest BCUT2D eigenvalue weighted by molar-refractivity contribution is 5.04. The highest BCUT2D eigenvalue weighted by Crippen LogP contribution is 2.31. The van der Waals surface area contributed by atoms with Crippen LogP contribution in [-0.2, 0) is 0 Å². The van der Waals surface area contributed by atoms with Gasteiger partial charge >= 0.3 is 0 Å². The van der Waals surface area contributed by atoms with Crippen molar-refractivity contribution in [3.8, 4) is 0 Å². The highest BCUT2D eigenvalue weighted by Gasteiger charge is 2.17. The van der Waals surface area contributed by atoms with Crippen LogP contribution in [-0.4, -0.2) is 5.48 Å². The van der Waals surface area contributed by atoms with Crippen LogP contribution in [0.4, 0.5) is 0 Å².